The molecule has 3 atom stereocenters. The SMILES string of the molecule is CCC[C@H]1[C@@H]2C(=O)N(c3ccc(OC)cc3)C(=O)[C@H]2ON1c1ccccc1. The molecule has 6 nitrogen and oxygen atoms in total. The van der Waals surface area contributed by atoms with E-state index < -0.39 is 12.0 Å². The first kappa shape index (κ1) is 17.5. The van der Waals surface area contributed by atoms with E-state index in [0.717, 1.165) is 18.5 Å². The highest BCUT2D eigenvalue weighted by atomic mass is 16.7. The average molecular weight is 366 g/mol. The van der Waals surface area contributed by atoms with Gasteiger partial charge in [-0.25, -0.2) is 9.96 Å². The van der Waals surface area contributed by atoms with Crippen LogP contribution in [0.1, 0.15) is 19.8 Å². The zero-order chi connectivity index (χ0) is 19.0. The Morgan fingerprint density at radius 1 is 0.963 bits per heavy atom. The Morgan fingerprint density at radius 2 is 1.67 bits per heavy atom. The van der Waals surface area contributed by atoms with Crippen molar-refractivity contribution in [1.82, 2.24) is 0 Å². The number of hydroxylamine groups is 1. The summed E-state index contributed by atoms with van der Waals surface area (Å²) in [6.07, 6.45) is 0.882. The van der Waals surface area contributed by atoms with Crippen molar-refractivity contribution in [3.8, 4) is 5.75 Å². The summed E-state index contributed by atoms with van der Waals surface area (Å²) in [4.78, 5) is 33.4. The Kier molecular flexibility index (Phi) is 4.58. The van der Waals surface area contributed by atoms with Gasteiger partial charge in [0.1, 0.15) is 5.75 Å². The molecule has 2 saturated heterocycles. The number of fused-ring (bicyclic) bond motifs is 1. The van der Waals surface area contributed by atoms with Crippen LogP contribution in [0.25, 0.3) is 0 Å². The predicted molar refractivity (Wildman–Crippen MR) is 101 cm³/mol. The summed E-state index contributed by atoms with van der Waals surface area (Å²) < 4.78 is 5.15. The van der Waals surface area contributed by atoms with Crippen molar-refractivity contribution in [3.63, 3.8) is 0 Å². The summed E-state index contributed by atoms with van der Waals surface area (Å²) in [6, 6.07) is 16.4. The number of nitrogens with zero attached hydrogens (tertiary/aromatic N) is 2. The van der Waals surface area contributed by atoms with Gasteiger partial charge in [-0.1, -0.05) is 31.5 Å². The Morgan fingerprint density at radius 3 is 2.30 bits per heavy atom. The van der Waals surface area contributed by atoms with Gasteiger partial charge >= 0.3 is 0 Å². The molecule has 0 aliphatic carbocycles. The van der Waals surface area contributed by atoms with Crippen molar-refractivity contribution in [2.24, 2.45) is 5.92 Å². The molecule has 4 rings (SSSR count). The largest absolute Gasteiger partial charge is 0.497 e. The van der Waals surface area contributed by atoms with Gasteiger partial charge in [0.15, 0.2) is 6.10 Å². The standard InChI is InChI=1S/C21H22N2O4/c1-3-7-17-18-19(27-23(17)15-8-5-4-6-9-15)21(25)22(20(18)24)14-10-12-16(26-2)13-11-14/h4-6,8-13,17-19H,3,7H2,1-2H3/t17-,18-,19-/m0/s1. The Balaban J connectivity index is 1.65. The van der Waals surface area contributed by atoms with Crippen LogP contribution in [0.15, 0.2) is 54.6 Å². The molecule has 6 heteroatoms. The second-order valence-electron chi connectivity index (χ2n) is 6.78. The third-order valence-corrected chi connectivity index (χ3v) is 5.16. The second-order valence-corrected chi connectivity index (χ2v) is 6.78. The van der Waals surface area contributed by atoms with E-state index in [4.69, 9.17) is 9.57 Å². The first-order valence-corrected chi connectivity index (χ1v) is 9.18. The van der Waals surface area contributed by atoms with Crippen LogP contribution >= 0.6 is 0 Å². The number of benzene rings is 2. The lowest BCUT2D eigenvalue weighted by Crippen LogP contribution is -2.40. The van der Waals surface area contributed by atoms with Gasteiger partial charge in [0.05, 0.1) is 30.4 Å². The maximum absolute atomic E-state index is 13.2. The lowest BCUT2D eigenvalue weighted by molar-refractivity contribution is -0.126. The van der Waals surface area contributed by atoms with Crippen LogP contribution in [0, 0.1) is 5.92 Å². The highest BCUT2D eigenvalue weighted by Gasteiger charge is 2.59. The molecule has 0 N–H and O–H groups in total. The lowest BCUT2D eigenvalue weighted by Gasteiger charge is -2.28. The fraction of sp³-hybridized carbons (Fsp3) is 0.333. The fourth-order valence-electron chi connectivity index (χ4n) is 3.90. The Bertz CT molecular complexity index is 837. The van der Waals surface area contributed by atoms with Gasteiger partial charge in [0, 0.05) is 0 Å². The van der Waals surface area contributed by atoms with Crippen LogP contribution in [0.5, 0.6) is 5.75 Å². The molecule has 2 aromatic rings. The van der Waals surface area contributed by atoms with Gasteiger partial charge in [-0.3, -0.25) is 14.4 Å². The van der Waals surface area contributed by atoms with E-state index in [1.807, 2.05) is 30.3 Å². The molecule has 0 spiro atoms. The van der Waals surface area contributed by atoms with Gasteiger partial charge in [0.2, 0.25) is 5.91 Å². The molecule has 0 radical (unpaired) electrons. The van der Waals surface area contributed by atoms with E-state index in [-0.39, 0.29) is 17.9 Å². The molecule has 0 aromatic heterocycles. The summed E-state index contributed by atoms with van der Waals surface area (Å²) >= 11 is 0. The lowest BCUT2D eigenvalue weighted by atomic mass is 9.93. The number of carbonyl (C=O) groups is 2. The number of hydrogen-bond acceptors (Lipinski definition) is 5. The minimum absolute atomic E-state index is 0.165. The highest BCUT2D eigenvalue weighted by molar-refractivity contribution is 6.23. The molecule has 2 aromatic carbocycles. The van der Waals surface area contributed by atoms with Gasteiger partial charge in [0.25, 0.3) is 5.91 Å². The number of ether oxygens (including phenoxy) is 1. The van der Waals surface area contributed by atoms with Gasteiger partial charge < -0.3 is 4.74 Å². The number of hydrogen-bond donors (Lipinski definition) is 0. The van der Waals surface area contributed by atoms with E-state index in [0.29, 0.717) is 11.4 Å². The van der Waals surface area contributed by atoms with Crippen molar-refractivity contribution in [3.05, 3.63) is 54.6 Å². The number of para-hydroxylation sites is 1. The van der Waals surface area contributed by atoms with Crippen LogP contribution in [-0.2, 0) is 14.4 Å². The average Bonchev–Trinajstić information content (AvgIpc) is 3.19. The molecule has 2 aliphatic heterocycles. The maximum atomic E-state index is 13.2. The molecule has 0 unspecified atom stereocenters. The molecule has 2 aliphatic rings. The highest BCUT2D eigenvalue weighted by Crippen LogP contribution is 2.41. The van der Waals surface area contributed by atoms with E-state index in [2.05, 4.69) is 6.92 Å². The molecule has 0 bridgehead atoms. The van der Waals surface area contributed by atoms with Crippen LogP contribution in [-0.4, -0.2) is 31.1 Å². The molecule has 2 amide bonds. The summed E-state index contributed by atoms with van der Waals surface area (Å²) in [5, 5.41) is 1.75. The van der Waals surface area contributed by atoms with Gasteiger partial charge in [-0.05, 0) is 42.8 Å². The van der Waals surface area contributed by atoms with Crippen molar-refractivity contribution in [2.45, 2.75) is 31.9 Å². The monoisotopic (exact) mass is 366 g/mol. The quantitative estimate of drug-likeness (QED) is 0.761. The number of rotatable bonds is 5. The predicted octanol–water partition coefficient (Wildman–Crippen LogP) is 3.17. The molecule has 2 heterocycles. The summed E-state index contributed by atoms with van der Waals surface area (Å²) in [5.74, 6) is -0.338. The normalized spacial score (nSPS) is 24.4. The van der Waals surface area contributed by atoms with Crippen LogP contribution < -0.4 is 14.7 Å². The Labute approximate surface area is 158 Å². The molecular weight excluding hydrogens is 344 g/mol. The van der Waals surface area contributed by atoms with Crippen molar-refractivity contribution < 1.29 is 19.2 Å². The van der Waals surface area contributed by atoms with Crippen molar-refractivity contribution in [1.29, 1.82) is 0 Å². The first-order valence-electron chi connectivity index (χ1n) is 9.18. The molecule has 2 fully saturated rings. The van der Waals surface area contributed by atoms with E-state index in [1.54, 1.807) is 36.4 Å². The number of imide groups is 1. The van der Waals surface area contributed by atoms with Crippen LogP contribution in [0.3, 0.4) is 0 Å². The van der Waals surface area contributed by atoms with E-state index in [9.17, 15) is 9.59 Å². The smallest absolute Gasteiger partial charge is 0.266 e. The molecule has 140 valence electrons. The minimum atomic E-state index is -0.781. The molecule has 27 heavy (non-hydrogen) atoms. The fourth-order valence-corrected chi connectivity index (χ4v) is 3.90. The van der Waals surface area contributed by atoms with Gasteiger partial charge in [-0.2, -0.15) is 0 Å². The zero-order valence-corrected chi connectivity index (χ0v) is 15.4. The van der Waals surface area contributed by atoms with E-state index >= 15 is 0 Å². The van der Waals surface area contributed by atoms with E-state index in [1.165, 1.54) is 4.90 Å². The van der Waals surface area contributed by atoms with Gasteiger partial charge in [-0.15, -0.1) is 0 Å². The number of methoxy groups -OCH3 is 1. The molecule has 0 saturated carbocycles. The van der Waals surface area contributed by atoms with Crippen LogP contribution in [0.4, 0.5) is 11.4 Å². The van der Waals surface area contributed by atoms with Crippen molar-refractivity contribution in [2.75, 3.05) is 17.1 Å². The van der Waals surface area contributed by atoms with Crippen molar-refractivity contribution >= 4 is 23.2 Å². The summed E-state index contributed by atoms with van der Waals surface area (Å²) in [7, 11) is 1.58. The minimum Gasteiger partial charge on any atom is -0.497 e. The summed E-state index contributed by atoms with van der Waals surface area (Å²) in [6.45, 7) is 2.07. The first-order chi connectivity index (χ1) is 13.2. The third-order valence-electron chi connectivity index (χ3n) is 5.16. The number of anilines is 2. The zero-order valence-electron chi connectivity index (χ0n) is 15.4. The Hall–Kier alpha value is -2.86. The number of amides is 2. The topological polar surface area (TPSA) is 59.1 Å². The number of carbonyl (C=O) groups excluding carboxylic acids is 2. The molecular formula is C21H22N2O4. The van der Waals surface area contributed by atoms with Crippen LogP contribution in [0.2, 0.25) is 0 Å². The third kappa shape index (κ3) is 2.86. The second kappa shape index (κ2) is 7.04. The maximum Gasteiger partial charge on any atom is 0.266 e. The summed E-state index contributed by atoms with van der Waals surface area (Å²) in [5.41, 5.74) is 1.41.